The number of urea groups is 1. The summed E-state index contributed by atoms with van der Waals surface area (Å²) in [6, 6.07) is 21.6. The third-order valence-corrected chi connectivity index (χ3v) is 5.91. The van der Waals surface area contributed by atoms with Gasteiger partial charge in [0.25, 0.3) is 5.91 Å². The van der Waals surface area contributed by atoms with Crippen LogP contribution in [0.4, 0.5) is 4.79 Å². The van der Waals surface area contributed by atoms with Crippen molar-refractivity contribution in [2.45, 2.75) is 31.8 Å². The topological polar surface area (TPSA) is 105 Å². The predicted octanol–water partition coefficient (Wildman–Crippen LogP) is 2.94. The Hall–Kier alpha value is -4.20. The van der Waals surface area contributed by atoms with Crippen molar-refractivity contribution in [1.82, 2.24) is 15.5 Å². The normalized spacial score (nSPS) is 15.0. The van der Waals surface area contributed by atoms with Crippen LogP contribution in [-0.2, 0) is 32.1 Å². The van der Waals surface area contributed by atoms with Crippen molar-refractivity contribution < 1.29 is 23.9 Å². The maximum atomic E-state index is 12.9. The van der Waals surface area contributed by atoms with Gasteiger partial charge in [0.2, 0.25) is 5.91 Å². The molecule has 4 rings (SSSR count). The quantitative estimate of drug-likeness (QED) is 0.514. The Morgan fingerprint density at radius 1 is 0.886 bits per heavy atom. The van der Waals surface area contributed by atoms with Crippen molar-refractivity contribution in [1.29, 1.82) is 0 Å². The zero-order valence-corrected chi connectivity index (χ0v) is 19.2. The largest absolute Gasteiger partial charge is 0.454 e. The molecule has 0 radical (unpaired) electrons. The summed E-state index contributed by atoms with van der Waals surface area (Å²) in [7, 11) is 0. The van der Waals surface area contributed by atoms with Crippen LogP contribution in [0.15, 0.2) is 72.8 Å². The maximum Gasteiger partial charge on any atom is 0.329 e. The van der Waals surface area contributed by atoms with Crippen LogP contribution in [0.2, 0.25) is 0 Å². The lowest BCUT2D eigenvalue weighted by atomic mass is 10.0. The summed E-state index contributed by atoms with van der Waals surface area (Å²) in [6.45, 7) is 0.122. The monoisotopic (exact) mass is 473 g/mol. The first-order chi connectivity index (χ1) is 17.0. The van der Waals surface area contributed by atoms with Gasteiger partial charge in [-0.1, -0.05) is 72.8 Å². The van der Waals surface area contributed by atoms with Crippen molar-refractivity contribution >= 4 is 34.6 Å². The molecule has 0 saturated carbocycles. The Balaban J connectivity index is 1.24. The molecule has 3 aromatic rings. The maximum absolute atomic E-state index is 12.9. The lowest BCUT2D eigenvalue weighted by molar-refractivity contribution is -0.155. The highest BCUT2D eigenvalue weighted by Gasteiger charge is 2.35. The SMILES string of the molecule is O=C(COC(=O)C1CCCN1C(=O)Cc1ccc2ccccc2c1)NC(=O)NCc1ccccc1. The highest BCUT2D eigenvalue weighted by atomic mass is 16.5. The number of likely N-dealkylation sites (tertiary alicyclic amines) is 1. The Labute approximate surface area is 203 Å². The number of nitrogens with zero attached hydrogens (tertiary/aromatic N) is 1. The molecule has 180 valence electrons. The van der Waals surface area contributed by atoms with Gasteiger partial charge in [0.1, 0.15) is 6.04 Å². The van der Waals surface area contributed by atoms with E-state index in [0.29, 0.717) is 19.4 Å². The second-order valence-electron chi connectivity index (χ2n) is 8.43. The van der Waals surface area contributed by atoms with Gasteiger partial charge in [-0.25, -0.2) is 9.59 Å². The van der Waals surface area contributed by atoms with E-state index < -0.39 is 30.6 Å². The van der Waals surface area contributed by atoms with E-state index in [1.807, 2.05) is 72.8 Å². The average molecular weight is 474 g/mol. The number of nitrogens with one attached hydrogen (secondary N) is 2. The highest BCUT2D eigenvalue weighted by molar-refractivity contribution is 5.96. The molecule has 1 heterocycles. The van der Waals surface area contributed by atoms with E-state index in [4.69, 9.17) is 4.74 Å². The van der Waals surface area contributed by atoms with Crippen LogP contribution in [-0.4, -0.2) is 47.9 Å². The van der Waals surface area contributed by atoms with Gasteiger partial charge in [0.05, 0.1) is 6.42 Å². The van der Waals surface area contributed by atoms with Crippen molar-refractivity contribution in [2.24, 2.45) is 0 Å². The molecule has 4 amide bonds. The van der Waals surface area contributed by atoms with E-state index >= 15 is 0 Å². The smallest absolute Gasteiger partial charge is 0.329 e. The summed E-state index contributed by atoms with van der Waals surface area (Å²) in [5.74, 6) is -1.55. The fourth-order valence-corrected chi connectivity index (χ4v) is 4.15. The second-order valence-corrected chi connectivity index (χ2v) is 8.43. The van der Waals surface area contributed by atoms with Crippen LogP contribution in [0.25, 0.3) is 10.8 Å². The van der Waals surface area contributed by atoms with E-state index in [9.17, 15) is 19.2 Å². The Bertz CT molecular complexity index is 1230. The second kappa shape index (κ2) is 11.3. The van der Waals surface area contributed by atoms with Gasteiger partial charge in [0, 0.05) is 13.1 Å². The van der Waals surface area contributed by atoms with Gasteiger partial charge in [-0.2, -0.15) is 0 Å². The minimum atomic E-state index is -0.740. The number of carbonyl (C=O) groups is 4. The van der Waals surface area contributed by atoms with Crippen molar-refractivity contribution in [2.75, 3.05) is 13.2 Å². The molecule has 1 aliphatic rings. The number of imide groups is 1. The molecule has 1 fully saturated rings. The standard InChI is InChI=1S/C27H27N3O5/c31-24(29-27(34)28-17-19-7-2-1-3-8-19)18-35-26(33)23-11-6-14-30(23)25(32)16-20-12-13-21-9-4-5-10-22(21)15-20/h1-5,7-10,12-13,15,23H,6,11,14,16-18H2,(H2,28,29,31,34). The molecule has 0 bridgehead atoms. The van der Waals surface area contributed by atoms with Crippen LogP contribution < -0.4 is 10.6 Å². The first-order valence-electron chi connectivity index (χ1n) is 11.5. The number of esters is 1. The van der Waals surface area contributed by atoms with Crippen LogP contribution >= 0.6 is 0 Å². The first-order valence-corrected chi connectivity index (χ1v) is 11.5. The van der Waals surface area contributed by atoms with Gasteiger partial charge in [-0.3, -0.25) is 14.9 Å². The number of benzene rings is 3. The molecule has 2 N–H and O–H groups in total. The van der Waals surface area contributed by atoms with Crippen molar-refractivity contribution in [3.05, 3.63) is 83.9 Å². The van der Waals surface area contributed by atoms with E-state index in [-0.39, 0.29) is 18.9 Å². The molecule has 8 nitrogen and oxygen atoms in total. The highest BCUT2D eigenvalue weighted by Crippen LogP contribution is 2.21. The molecule has 3 aromatic carbocycles. The Morgan fingerprint density at radius 2 is 1.63 bits per heavy atom. The van der Waals surface area contributed by atoms with E-state index in [2.05, 4.69) is 10.6 Å². The molecule has 1 saturated heterocycles. The molecule has 0 aliphatic carbocycles. The molecule has 1 aliphatic heterocycles. The molecule has 1 atom stereocenters. The third-order valence-electron chi connectivity index (χ3n) is 5.91. The first kappa shape index (κ1) is 23.9. The van der Waals surface area contributed by atoms with Crippen LogP contribution in [0.3, 0.4) is 0 Å². The summed E-state index contributed by atoms with van der Waals surface area (Å²) < 4.78 is 5.11. The van der Waals surface area contributed by atoms with Gasteiger partial charge >= 0.3 is 12.0 Å². The zero-order chi connectivity index (χ0) is 24.6. The van der Waals surface area contributed by atoms with Gasteiger partial charge < -0.3 is 15.0 Å². The minimum absolute atomic E-state index is 0.163. The van der Waals surface area contributed by atoms with Gasteiger partial charge in [-0.15, -0.1) is 0 Å². The summed E-state index contributed by atoms with van der Waals surface area (Å²) >= 11 is 0. The predicted molar refractivity (Wildman–Crippen MR) is 130 cm³/mol. The van der Waals surface area contributed by atoms with E-state index in [1.54, 1.807) is 0 Å². The summed E-state index contributed by atoms with van der Waals surface area (Å²) in [6.07, 6.45) is 1.33. The van der Waals surface area contributed by atoms with Crippen LogP contribution in [0.1, 0.15) is 24.0 Å². The summed E-state index contributed by atoms with van der Waals surface area (Å²) in [5.41, 5.74) is 1.75. The van der Waals surface area contributed by atoms with Gasteiger partial charge in [0.15, 0.2) is 6.61 Å². The number of rotatable bonds is 7. The molecular weight excluding hydrogens is 446 g/mol. The van der Waals surface area contributed by atoms with Crippen LogP contribution in [0, 0.1) is 0 Å². The molecule has 0 spiro atoms. The number of hydrogen-bond donors (Lipinski definition) is 2. The average Bonchev–Trinajstić information content (AvgIpc) is 3.37. The minimum Gasteiger partial charge on any atom is -0.454 e. The number of ether oxygens (including phenoxy) is 1. The van der Waals surface area contributed by atoms with E-state index in [1.165, 1.54) is 4.90 Å². The lowest BCUT2D eigenvalue weighted by Gasteiger charge is -2.23. The fourth-order valence-electron chi connectivity index (χ4n) is 4.15. The zero-order valence-electron chi connectivity index (χ0n) is 19.2. The van der Waals surface area contributed by atoms with Crippen molar-refractivity contribution in [3.63, 3.8) is 0 Å². The third kappa shape index (κ3) is 6.44. The lowest BCUT2D eigenvalue weighted by Crippen LogP contribution is -2.44. The molecule has 35 heavy (non-hydrogen) atoms. The summed E-state index contributed by atoms with van der Waals surface area (Å²) in [5, 5.41) is 6.84. The van der Waals surface area contributed by atoms with E-state index in [0.717, 1.165) is 21.9 Å². The fraction of sp³-hybridized carbons (Fsp3) is 0.259. The van der Waals surface area contributed by atoms with Crippen LogP contribution in [0.5, 0.6) is 0 Å². The van der Waals surface area contributed by atoms with Crippen molar-refractivity contribution in [3.8, 4) is 0 Å². The molecule has 8 heteroatoms. The van der Waals surface area contributed by atoms with Gasteiger partial charge in [-0.05, 0) is 34.7 Å². The molecule has 1 unspecified atom stereocenters. The molecular formula is C27H27N3O5. The number of hydrogen-bond acceptors (Lipinski definition) is 5. The molecule has 0 aromatic heterocycles. The number of carbonyl (C=O) groups excluding carboxylic acids is 4. The Morgan fingerprint density at radius 3 is 2.43 bits per heavy atom. The number of amides is 4. The Kier molecular flexibility index (Phi) is 7.72. The number of fused-ring (bicyclic) bond motifs is 1. The summed E-state index contributed by atoms with van der Waals surface area (Å²) in [4.78, 5) is 50.9.